The number of nitrogens with one attached hydrogen (secondary N) is 1. The highest BCUT2D eigenvalue weighted by Crippen LogP contribution is 2.35. The number of rotatable bonds is 6. The van der Waals surface area contributed by atoms with E-state index in [-0.39, 0.29) is 16.7 Å². The summed E-state index contributed by atoms with van der Waals surface area (Å²) >= 11 is 1.64. The molecule has 30 heavy (non-hydrogen) atoms. The van der Waals surface area contributed by atoms with Gasteiger partial charge in [-0.2, -0.15) is 4.31 Å². The van der Waals surface area contributed by atoms with Gasteiger partial charge in [0.05, 0.1) is 4.90 Å². The number of amides is 2. The quantitative estimate of drug-likeness (QED) is 0.735. The van der Waals surface area contributed by atoms with E-state index in [2.05, 4.69) is 5.32 Å². The van der Waals surface area contributed by atoms with E-state index in [4.69, 9.17) is 0 Å². The first kappa shape index (κ1) is 21.0. The Balaban J connectivity index is 1.52. The van der Waals surface area contributed by atoms with Crippen molar-refractivity contribution in [3.63, 3.8) is 0 Å². The van der Waals surface area contributed by atoms with Crippen LogP contribution in [0.4, 0.5) is 5.69 Å². The summed E-state index contributed by atoms with van der Waals surface area (Å²) in [5, 5.41) is 4.92. The highest BCUT2D eigenvalue weighted by atomic mass is 32.2. The topological polar surface area (TPSA) is 86.8 Å². The normalized spacial score (nSPS) is 19.1. The van der Waals surface area contributed by atoms with Gasteiger partial charge in [0.25, 0.3) is 0 Å². The monoisotopic (exact) mass is 447 g/mol. The number of thiophene rings is 1. The number of carbonyl (C=O) groups excluding carboxylic acids is 2. The van der Waals surface area contributed by atoms with E-state index in [0.29, 0.717) is 37.3 Å². The molecule has 2 aliphatic heterocycles. The average Bonchev–Trinajstić information content (AvgIpc) is 3.46. The Morgan fingerprint density at radius 1 is 1.20 bits per heavy atom. The summed E-state index contributed by atoms with van der Waals surface area (Å²) in [7, 11) is -3.54. The zero-order valence-electron chi connectivity index (χ0n) is 16.8. The number of hydrogen-bond donors (Lipinski definition) is 1. The van der Waals surface area contributed by atoms with Crippen molar-refractivity contribution in [3.8, 4) is 0 Å². The van der Waals surface area contributed by atoms with E-state index in [0.717, 1.165) is 19.3 Å². The molecule has 2 aromatic rings. The molecule has 1 saturated heterocycles. The lowest BCUT2D eigenvalue weighted by Crippen LogP contribution is -2.47. The highest BCUT2D eigenvalue weighted by molar-refractivity contribution is 7.89. The molecule has 1 unspecified atom stereocenters. The number of anilines is 1. The molecule has 7 nitrogen and oxygen atoms in total. The van der Waals surface area contributed by atoms with Crippen LogP contribution in [0.2, 0.25) is 0 Å². The molecular formula is C21H25N3O4S2. The fourth-order valence-electron chi connectivity index (χ4n) is 4.15. The maximum Gasteiger partial charge on any atom is 0.243 e. The van der Waals surface area contributed by atoms with E-state index in [1.807, 2.05) is 17.5 Å². The first-order chi connectivity index (χ1) is 14.4. The number of carbonyl (C=O) groups is 2. The summed E-state index contributed by atoms with van der Waals surface area (Å²) in [5.41, 5.74) is 1.32. The number of fused-ring (bicyclic) bond motifs is 1. The van der Waals surface area contributed by atoms with Crippen LogP contribution in [-0.2, 0) is 32.5 Å². The van der Waals surface area contributed by atoms with Gasteiger partial charge in [0.15, 0.2) is 0 Å². The second-order valence-corrected chi connectivity index (χ2v) is 10.6. The smallest absolute Gasteiger partial charge is 0.243 e. The first-order valence-corrected chi connectivity index (χ1v) is 12.4. The molecule has 1 N–H and O–H groups in total. The van der Waals surface area contributed by atoms with Crippen molar-refractivity contribution in [2.24, 2.45) is 0 Å². The summed E-state index contributed by atoms with van der Waals surface area (Å²) in [5.74, 6) is -0.454. The lowest BCUT2D eigenvalue weighted by atomic mass is 10.1. The lowest BCUT2D eigenvalue weighted by molar-refractivity contribution is -0.125. The fourth-order valence-corrected chi connectivity index (χ4v) is 6.42. The van der Waals surface area contributed by atoms with E-state index in [9.17, 15) is 18.0 Å². The Morgan fingerprint density at radius 3 is 2.63 bits per heavy atom. The Kier molecular flexibility index (Phi) is 5.95. The van der Waals surface area contributed by atoms with Crippen LogP contribution < -0.4 is 10.2 Å². The van der Waals surface area contributed by atoms with Gasteiger partial charge < -0.3 is 5.32 Å². The Morgan fingerprint density at radius 2 is 1.97 bits per heavy atom. The van der Waals surface area contributed by atoms with Crippen molar-refractivity contribution in [1.82, 2.24) is 9.62 Å². The van der Waals surface area contributed by atoms with Crippen LogP contribution in [0.5, 0.6) is 0 Å². The molecule has 0 spiro atoms. The number of benzene rings is 1. The molecule has 0 bridgehead atoms. The van der Waals surface area contributed by atoms with E-state index in [1.165, 1.54) is 21.0 Å². The molecule has 1 aromatic carbocycles. The Hall–Kier alpha value is -2.23. The molecule has 0 radical (unpaired) electrons. The van der Waals surface area contributed by atoms with Gasteiger partial charge in [-0.05, 0) is 54.5 Å². The Labute approximate surface area is 180 Å². The third-order valence-electron chi connectivity index (χ3n) is 5.63. The summed E-state index contributed by atoms with van der Waals surface area (Å²) in [6, 6.07) is 8.15. The molecule has 3 heterocycles. The van der Waals surface area contributed by atoms with Gasteiger partial charge in [-0.3, -0.25) is 14.5 Å². The van der Waals surface area contributed by atoms with Crippen LogP contribution in [0, 0.1) is 0 Å². The summed E-state index contributed by atoms with van der Waals surface area (Å²) in [6.45, 7) is 2.99. The second kappa shape index (κ2) is 8.49. The van der Waals surface area contributed by atoms with Crippen LogP contribution in [0.3, 0.4) is 0 Å². The predicted octanol–water partition coefficient (Wildman–Crippen LogP) is 2.17. The van der Waals surface area contributed by atoms with Crippen LogP contribution in [-0.4, -0.2) is 50.2 Å². The molecule has 0 saturated carbocycles. The van der Waals surface area contributed by atoms with Crippen molar-refractivity contribution < 1.29 is 18.0 Å². The van der Waals surface area contributed by atoms with Gasteiger partial charge in [0.2, 0.25) is 21.8 Å². The van der Waals surface area contributed by atoms with Crippen LogP contribution in [0.25, 0.3) is 0 Å². The first-order valence-electron chi connectivity index (χ1n) is 10.1. The number of nitrogens with zero attached hydrogens (tertiary/aromatic N) is 2. The highest BCUT2D eigenvalue weighted by Gasteiger charge is 2.38. The van der Waals surface area contributed by atoms with Crippen LogP contribution in [0.1, 0.15) is 30.2 Å². The van der Waals surface area contributed by atoms with Crippen molar-refractivity contribution in [2.75, 3.05) is 24.5 Å². The zero-order valence-corrected chi connectivity index (χ0v) is 18.5. The maximum absolute atomic E-state index is 12.9. The zero-order chi connectivity index (χ0) is 21.3. The minimum absolute atomic E-state index is 0.220. The molecule has 1 aromatic heterocycles. The van der Waals surface area contributed by atoms with Gasteiger partial charge in [-0.1, -0.05) is 6.07 Å². The largest absolute Gasteiger partial charge is 0.354 e. The molecule has 9 heteroatoms. The molecule has 1 fully saturated rings. The van der Waals surface area contributed by atoms with Crippen molar-refractivity contribution >= 4 is 38.9 Å². The molecule has 4 rings (SSSR count). The Bertz CT molecular complexity index is 1040. The third kappa shape index (κ3) is 4.01. The number of sulfonamides is 1. The minimum atomic E-state index is -3.54. The molecule has 2 aliphatic rings. The van der Waals surface area contributed by atoms with Gasteiger partial charge in [-0.15, -0.1) is 11.3 Å². The van der Waals surface area contributed by atoms with E-state index in [1.54, 1.807) is 29.5 Å². The molecule has 0 aliphatic carbocycles. The maximum atomic E-state index is 12.9. The van der Waals surface area contributed by atoms with Gasteiger partial charge in [-0.25, -0.2) is 8.42 Å². The van der Waals surface area contributed by atoms with Crippen LogP contribution in [0.15, 0.2) is 40.6 Å². The van der Waals surface area contributed by atoms with Gasteiger partial charge in [0, 0.05) is 43.5 Å². The van der Waals surface area contributed by atoms with Gasteiger partial charge in [0.1, 0.15) is 6.04 Å². The van der Waals surface area contributed by atoms with Crippen molar-refractivity contribution in [3.05, 3.63) is 46.2 Å². The van der Waals surface area contributed by atoms with Crippen LogP contribution >= 0.6 is 11.3 Å². The fraction of sp³-hybridized carbons (Fsp3) is 0.429. The predicted molar refractivity (Wildman–Crippen MR) is 116 cm³/mol. The minimum Gasteiger partial charge on any atom is -0.354 e. The number of hydrogen-bond acceptors (Lipinski definition) is 5. The summed E-state index contributed by atoms with van der Waals surface area (Å²) < 4.78 is 27.3. The second-order valence-electron chi connectivity index (χ2n) is 7.63. The molecule has 1 atom stereocenters. The standard InChI is InChI=1S/C21H25N3O4S2/c1-15(25)24-19-7-6-18(30(27,28)23-10-2-3-11-23)13-16(19)14-20(24)21(26)22-9-8-17-5-4-12-29-17/h4-7,12-13,20H,2-3,8-11,14H2,1H3,(H,22,26). The summed E-state index contributed by atoms with van der Waals surface area (Å²) in [4.78, 5) is 28.0. The van der Waals surface area contributed by atoms with Gasteiger partial charge >= 0.3 is 0 Å². The third-order valence-corrected chi connectivity index (χ3v) is 8.46. The molecule has 2 amide bonds. The van der Waals surface area contributed by atoms with E-state index >= 15 is 0 Å². The van der Waals surface area contributed by atoms with E-state index < -0.39 is 16.1 Å². The van der Waals surface area contributed by atoms with Crippen molar-refractivity contribution in [1.29, 1.82) is 0 Å². The lowest BCUT2D eigenvalue weighted by Gasteiger charge is -2.23. The molecular weight excluding hydrogens is 422 g/mol. The SMILES string of the molecule is CC(=O)N1c2ccc(S(=O)(=O)N3CCCC3)cc2CC1C(=O)NCCc1cccs1. The summed E-state index contributed by atoms with van der Waals surface area (Å²) in [6.07, 6.45) is 2.79. The average molecular weight is 448 g/mol. The van der Waals surface area contributed by atoms with Crippen molar-refractivity contribution in [2.45, 2.75) is 43.5 Å². The molecule has 160 valence electrons.